The Bertz CT molecular complexity index is 1040. The predicted octanol–water partition coefficient (Wildman–Crippen LogP) is 6.04. The topological polar surface area (TPSA) is 76.1 Å². The lowest BCUT2D eigenvalue weighted by atomic mass is 9.86. The molecule has 196 valence electrons. The smallest absolute Gasteiger partial charge is 0.348 e. The molecule has 1 aromatic heterocycles. The number of carbonyl (C=O) groups is 2. The highest BCUT2D eigenvalue weighted by Crippen LogP contribution is 2.38. The number of anilines is 1. The molecule has 2 aliphatic carbocycles. The first-order chi connectivity index (χ1) is 17.1. The molecule has 0 aromatic carbocycles. The van der Waals surface area contributed by atoms with Crippen molar-refractivity contribution in [3.8, 4) is 11.8 Å². The van der Waals surface area contributed by atoms with Crippen molar-refractivity contribution in [2.75, 3.05) is 18.1 Å². The Morgan fingerprint density at radius 2 is 1.89 bits per heavy atom. The number of rotatable bonds is 6. The third kappa shape index (κ3) is 6.79. The number of ether oxygens (including phenoxy) is 2. The van der Waals surface area contributed by atoms with Gasteiger partial charge in [-0.1, -0.05) is 23.5 Å². The minimum atomic E-state index is -1.01. The van der Waals surface area contributed by atoms with E-state index >= 15 is 0 Å². The Balaban J connectivity index is 1.61. The SMILES string of the molecule is CC1=CC[C@H](C(=O)N(c2cc(C#CC(C)(C)C)sc2C(=O)O)[C@H]2CC[C@H](OC3CCOC3)CC2)CC1. The van der Waals surface area contributed by atoms with E-state index in [1.807, 2.05) is 31.7 Å². The number of carboxylic acids is 1. The molecule has 1 aromatic rings. The molecule has 1 saturated heterocycles. The Morgan fingerprint density at radius 3 is 2.47 bits per heavy atom. The molecule has 2 heterocycles. The van der Waals surface area contributed by atoms with Crippen molar-refractivity contribution in [3.63, 3.8) is 0 Å². The molecule has 2 atom stereocenters. The van der Waals surface area contributed by atoms with Crippen molar-refractivity contribution in [1.29, 1.82) is 0 Å². The number of allylic oxidation sites excluding steroid dienone is 2. The summed E-state index contributed by atoms with van der Waals surface area (Å²) in [6, 6.07) is 1.79. The van der Waals surface area contributed by atoms with Gasteiger partial charge in [0.1, 0.15) is 4.88 Å². The summed E-state index contributed by atoms with van der Waals surface area (Å²) in [5, 5.41) is 10.1. The summed E-state index contributed by atoms with van der Waals surface area (Å²) in [4.78, 5) is 29.0. The summed E-state index contributed by atoms with van der Waals surface area (Å²) in [6.07, 6.45) is 9.17. The molecule has 0 bridgehead atoms. The van der Waals surface area contributed by atoms with Crippen LogP contribution in [0.1, 0.15) is 93.6 Å². The fourth-order valence-electron chi connectivity index (χ4n) is 5.24. The zero-order valence-corrected chi connectivity index (χ0v) is 22.8. The minimum absolute atomic E-state index is 0.0414. The maximum absolute atomic E-state index is 14.0. The second-order valence-corrected chi connectivity index (χ2v) is 12.5. The highest BCUT2D eigenvalue weighted by molar-refractivity contribution is 7.15. The zero-order valence-electron chi connectivity index (χ0n) is 22.0. The van der Waals surface area contributed by atoms with E-state index in [0.717, 1.165) is 51.6 Å². The van der Waals surface area contributed by atoms with Gasteiger partial charge in [0.25, 0.3) is 0 Å². The van der Waals surface area contributed by atoms with E-state index in [9.17, 15) is 14.7 Å². The molecule has 1 amide bonds. The monoisotopic (exact) mass is 513 g/mol. The first kappa shape index (κ1) is 26.9. The molecule has 0 radical (unpaired) electrons. The van der Waals surface area contributed by atoms with Crippen LogP contribution in [0.2, 0.25) is 0 Å². The van der Waals surface area contributed by atoms with Gasteiger partial charge in [0, 0.05) is 24.0 Å². The average Bonchev–Trinajstić information content (AvgIpc) is 3.49. The van der Waals surface area contributed by atoms with Crippen LogP contribution in [-0.4, -0.2) is 48.4 Å². The van der Waals surface area contributed by atoms with Crippen molar-refractivity contribution in [1.82, 2.24) is 0 Å². The molecule has 1 aliphatic heterocycles. The van der Waals surface area contributed by atoms with Crippen molar-refractivity contribution < 1.29 is 24.2 Å². The third-order valence-electron chi connectivity index (χ3n) is 7.23. The van der Waals surface area contributed by atoms with Gasteiger partial charge in [-0.05, 0) is 85.1 Å². The molecule has 36 heavy (non-hydrogen) atoms. The van der Waals surface area contributed by atoms with Gasteiger partial charge in [-0.3, -0.25) is 4.79 Å². The van der Waals surface area contributed by atoms with E-state index in [0.29, 0.717) is 23.6 Å². The maximum atomic E-state index is 14.0. The Morgan fingerprint density at radius 1 is 1.14 bits per heavy atom. The van der Waals surface area contributed by atoms with E-state index in [4.69, 9.17) is 9.47 Å². The van der Waals surface area contributed by atoms with Crippen LogP contribution in [0.5, 0.6) is 0 Å². The number of amides is 1. The molecule has 1 saturated carbocycles. The molecule has 4 rings (SSSR count). The summed E-state index contributed by atoms with van der Waals surface area (Å²) in [7, 11) is 0. The Hall–Kier alpha value is -2.14. The molecule has 1 N–H and O–H groups in total. The van der Waals surface area contributed by atoms with Gasteiger partial charge >= 0.3 is 5.97 Å². The standard InChI is InChI=1S/C29H39NO5S/c1-19-5-7-20(8-6-19)27(31)30(21-9-11-22(12-10-21)35-23-14-16-34-18-23)25-17-24(13-15-29(2,3)4)36-26(25)28(32)33/h5,17,20-23H,6-12,14,16,18H2,1-4H3,(H,32,33)/t20-,21-,22-,23?/m0/s1. The van der Waals surface area contributed by atoms with Crippen LogP contribution < -0.4 is 4.90 Å². The largest absolute Gasteiger partial charge is 0.477 e. The number of aromatic carboxylic acids is 1. The molecule has 2 fully saturated rings. The first-order valence-corrected chi connectivity index (χ1v) is 14.0. The average molecular weight is 514 g/mol. The van der Waals surface area contributed by atoms with Gasteiger partial charge < -0.3 is 19.5 Å². The van der Waals surface area contributed by atoms with Crippen LogP contribution in [0.4, 0.5) is 5.69 Å². The number of carbonyl (C=O) groups excluding carboxylic acids is 1. The second-order valence-electron chi connectivity index (χ2n) is 11.4. The quantitative estimate of drug-likeness (QED) is 0.371. The fraction of sp³-hybridized carbons (Fsp3) is 0.655. The number of carboxylic acid groups (broad SMARTS) is 1. The Labute approximate surface area is 219 Å². The molecule has 1 unspecified atom stereocenters. The number of hydrogen-bond acceptors (Lipinski definition) is 5. The van der Waals surface area contributed by atoms with Crippen LogP contribution >= 0.6 is 11.3 Å². The van der Waals surface area contributed by atoms with Gasteiger partial charge in [-0.25, -0.2) is 4.79 Å². The third-order valence-corrected chi connectivity index (χ3v) is 8.26. The van der Waals surface area contributed by atoms with Gasteiger partial charge in [0.2, 0.25) is 5.91 Å². The zero-order chi connectivity index (χ0) is 25.9. The molecule has 0 spiro atoms. The summed E-state index contributed by atoms with van der Waals surface area (Å²) < 4.78 is 11.7. The van der Waals surface area contributed by atoms with E-state index in [1.165, 1.54) is 16.9 Å². The lowest BCUT2D eigenvalue weighted by molar-refractivity contribution is -0.123. The molecular weight excluding hydrogens is 474 g/mol. The van der Waals surface area contributed by atoms with Crippen molar-refractivity contribution in [2.24, 2.45) is 11.3 Å². The molecular formula is C29H39NO5S. The first-order valence-electron chi connectivity index (χ1n) is 13.2. The number of thiophene rings is 1. The van der Waals surface area contributed by atoms with E-state index in [1.54, 1.807) is 0 Å². The van der Waals surface area contributed by atoms with Crippen LogP contribution in [0.15, 0.2) is 17.7 Å². The van der Waals surface area contributed by atoms with Crippen LogP contribution in [-0.2, 0) is 14.3 Å². The van der Waals surface area contributed by atoms with E-state index in [-0.39, 0.29) is 40.4 Å². The fourth-order valence-corrected chi connectivity index (χ4v) is 6.08. The van der Waals surface area contributed by atoms with E-state index < -0.39 is 5.97 Å². The highest BCUT2D eigenvalue weighted by atomic mass is 32.1. The van der Waals surface area contributed by atoms with Crippen LogP contribution in [0, 0.1) is 23.2 Å². The second kappa shape index (κ2) is 11.5. The summed E-state index contributed by atoms with van der Waals surface area (Å²) >= 11 is 1.17. The van der Waals surface area contributed by atoms with Gasteiger partial charge in [-0.2, -0.15) is 0 Å². The van der Waals surface area contributed by atoms with Gasteiger partial charge in [0.15, 0.2) is 0 Å². The molecule has 7 heteroatoms. The Kier molecular flexibility index (Phi) is 8.59. The van der Waals surface area contributed by atoms with Crippen LogP contribution in [0.3, 0.4) is 0 Å². The normalized spacial score (nSPS) is 26.6. The van der Waals surface area contributed by atoms with Crippen molar-refractivity contribution in [2.45, 2.75) is 97.3 Å². The summed E-state index contributed by atoms with van der Waals surface area (Å²) in [5.41, 5.74) is 1.63. The van der Waals surface area contributed by atoms with Crippen molar-refractivity contribution in [3.05, 3.63) is 27.5 Å². The summed E-state index contributed by atoms with van der Waals surface area (Å²) in [5.74, 6) is 5.28. The maximum Gasteiger partial charge on any atom is 0.348 e. The number of hydrogen-bond donors (Lipinski definition) is 1. The number of nitrogens with zero attached hydrogens (tertiary/aromatic N) is 1. The lowest BCUT2D eigenvalue weighted by Crippen LogP contribution is -2.47. The highest BCUT2D eigenvalue weighted by Gasteiger charge is 2.37. The van der Waals surface area contributed by atoms with Crippen LogP contribution in [0.25, 0.3) is 0 Å². The van der Waals surface area contributed by atoms with Crippen molar-refractivity contribution >= 4 is 28.9 Å². The molecule has 6 nitrogen and oxygen atoms in total. The van der Waals surface area contributed by atoms with E-state index in [2.05, 4.69) is 24.8 Å². The predicted molar refractivity (Wildman–Crippen MR) is 143 cm³/mol. The summed E-state index contributed by atoms with van der Waals surface area (Å²) in [6.45, 7) is 9.61. The van der Waals surface area contributed by atoms with Gasteiger partial charge in [-0.15, -0.1) is 11.3 Å². The minimum Gasteiger partial charge on any atom is -0.477 e. The lowest BCUT2D eigenvalue weighted by Gasteiger charge is -2.39. The van der Waals surface area contributed by atoms with Gasteiger partial charge in [0.05, 0.1) is 29.4 Å². The molecule has 3 aliphatic rings.